The molecule has 0 aliphatic carbocycles. The van der Waals surface area contributed by atoms with E-state index in [2.05, 4.69) is 5.32 Å². The lowest BCUT2D eigenvalue weighted by molar-refractivity contribution is 0.0697. The van der Waals surface area contributed by atoms with Crippen LogP contribution in [0.3, 0.4) is 0 Å². The first kappa shape index (κ1) is 12.8. The first-order valence-corrected chi connectivity index (χ1v) is 5.64. The summed E-state index contributed by atoms with van der Waals surface area (Å²) in [6.07, 6.45) is 0. The number of nitrogens with one attached hydrogen (secondary N) is 1. The summed E-state index contributed by atoms with van der Waals surface area (Å²) in [7, 11) is 1.58. The van der Waals surface area contributed by atoms with Crippen LogP contribution < -0.4 is 15.8 Å². The monoisotopic (exact) mass is 258 g/mol. The molecule has 98 valence electrons. The fraction of sp³-hybridized carbons (Fsp3) is 0.0714. The Morgan fingerprint density at radius 1 is 1.21 bits per heavy atom. The van der Waals surface area contributed by atoms with Crippen molar-refractivity contribution in [3.63, 3.8) is 0 Å². The molecule has 0 aliphatic heterocycles. The van der Waals surface area contributed by atoms with E-state index in [0.29, 0.717) is 17.1 Å². The highest BCUT2D eigenvalue weighted by molar-refractivity contribution is 5.91. The Morgan fingerprint density at radius 2 is 1.95 bits per heavy atom. The molecule has 0 fully saturated rings. The first-order chi connectivity index (χ1) is 9.11. The highest BCUT2D eigenvalue weighted by Crippen LogP contribution is 2.30. The topological polar surface area (TPSA) is 84.6 Å². The second-order valence-corrected chi connectivity index (χ2v) is 3.93. The second kappa shape index (κ2) is 5.30. The Kier molecular flexibility index (Phi) is 3.56. The Balaban J connectivity index is 2.31. The number of carbonyl (C=O) groups is 1. The molecule has 0 aromatic heterocycles. The second-order valence-electron chi connectivity index (χ2n) is 3.93. The number of benzene rings is 2. The van der Waals surface area contributed by atoms with Crippen molar-refractivity contribution in [3.8, 4) is 5.75 Å². The summed E-state index contributed by atoms with van der Waals surface area (Å²) in [4.78, 5) is 10.8. The van der Waals surface area contributed by atoms with Gasteiger partial charge < -0.3 is 20.9 Å². The number of hydrogen-bond donors (Lipinski definition) is 3. The van der Waals surface area contributed by atoms with Crippen LogP contribution in [0, 0.1) is 0 Å². The molecule has 5 heteroatoms. The standard InChI is InChI=1S/C14H14N2O3/c1-19-13-5-3-2-4-12(13)16-11-7-6-9(14(17)18)8-10(11)15/h2-8,16H,15H2,1H3,(H,17,18). The van der Waals surface area contributed by atoms with Crippen LogP contribution in [-0.4, -0.2) is 18.2 Å². The van der Waals surface area contributed by atoms with Gasteiger partial charge in [0.05, 0.1) is 29.7 Å². The van der Waals surface area contributed by atoms with Crippen LogP contribution >= 0.6 is 0 Å². The molecule has 2 aromatic rings. The fourth-order valence-corrected chi connectivity index (χ4v) is 1.70. The molecular formula is C14H14N2O3. The zero-order valence-electron chi connectivity index (χ0n) is 10.4. The van der Waals surface area contributed by atoms with E-state index in [9.17, 15) is 4.79 Å². The normalized spacial score (nSPS) is 9.95. The minimum atomic E-state index is -1.00. The van der Waals surface area contributed by atoms with Crippen molar-refractivity contribution in [2.45, 2.75) is 0 Å². The molecule has 0 radical (unpaired) electrons. The maximum atomic E-state index is 10.8. The van der Waals surface area contributed by atoms with Crippen molar-refractivity contribution in [1.82, 2.24) is 0 Å². The SMILES string of the molecule is COc1ccccc1Nc1ccc(C(=O)O)cc1N. The van der Waals surface area contributed by atoms with Gasteiger partial charge in [-0.25, -0.2) is 4.79 Å². The van der Waals surface area contributed by atoms with Gasteiger partial charge in [0, 0.05) is 0 Å². The largest absolute Gasteiger partial charge is 0.495 e. The van der Waals surface area contributed by atoms with E-state index in [1.807, 2.05) is 24.3 Å². The van der Waals surface area contributed by atoms with E-state index in [0.717, 1.165) is 5.69 Å². The molecule has 0 heterocycles. The lowest BCUT2D eigenvalue weighted by atomic mass is 10.1. The molecule has 0 saturated heterocycles. The summed E-state index contributed by atoms with van der Waals surface area (Å²) < 4.78 is 5.22. The van der Waals surface area contributed by atoms with Crippen LogP contribution in [0.4, 0.5) is 17.1 Å². The summed E-state index contributed by atoms with van der Waals surface area (Å²) >= 11 is 0. The summed E-state index contributed by atoms with van der Waals surface area (Å²) in [5.74, 6) is -0.320. The van der Waals surface area contributed by atoms with Gasteiger partial charge in [-0.05, 0) is 30.3 Å². The van der Waals surface area contributed by atoms with Crippen molar-refractivity contribution in [3.05, 3.63) is 48.0 Å². The van der Waals surface area contributed by atoms with Gasteiger partial charge in [-0.15, -0.1) is 0 Å². The maximum absolute atomic E-state index is 10.8. The van der Waals surface area contributed by atoms with Gasteiger partial charge in [0.2, 0.25) is 0 Å². The average molecular weight is 258 g/mol. The van der Waals surface area contributed by atoms with Crippen LogP contribution in [0.5, 0.6) is 5.75 Å². The summed E-state index contributed by atoms with van der Waals surface area (Å²) in [6.45, 7) is 0. The molecule has 0 spiro atoms. The number of rotatable bonds is 4. The van der Waals surface area contributed by atoms with Crippen molar-refractivity contribution < 1.29 is 14.6 Å². The smallest absolute Gasteiger partial charge is 0.335 e. The van der Waals surface area contributed by atoms with Gasteiger partial charge in [-0.2, -0.15) is 0 Å². The fourth-order valence-electron chi connectivity index (χ4n) is 1.70. The quantitative estimate of drug-likeness (QED) is 0.734. The summed E-state index contributed by atoms with van der Waals surface area (Å²) in [6, 6.07) is 11.9. The number of nitrogens with two attached hydrogens (primary N) is 1. The molecule has 2 aromatic carbocycles. The number of ether oxygens (including phenoxy) is 1. The van der Waals surface area contributed by atoms with Crippen molar-refractivity contribution >= 4 is 23.0 Å². The van der Waals surface area contributed by atoms with Crippen molar-refractivity contribution in [2.24, 2.45) is 0 Å². The van der Waals surface area contributed by atoms with Crippen molar-refractivity contribution in [2.75, 3.05) is 18.2 Å². The van der Waals surface area contributed by atoms with E-state index in [-0.39, 0.29) is 5.56 Å². The van der Waals surface area contributed by atoms with E-state index < -0.39 is 5.97 Å². The molecule has 0 aliphatic rings. The zero-order valence-corrected chi connectivity index (χ0v) is 10.4. The van der Waals surface area contributed by atoms with E-state index in [4.69, 9.17) is 15.6 Å². The lowest BCUT2D eigenvalue weighted by Crippen LogP contribution is -2.02. The van der Waals surface area contributed by atoms with Crippen LogP contribution in [0.2, 0.25) is 0 Å². The maximum Gasteiger partial charge on any atom is 0.335 e. The third-order valence-electron chi connectivity index (χ3n) is 2.67. The third-order valence-corrected chi connectivity index (χ3v) is 2.67. The van der Waals surface area contributed by atoms with E-state index in [1.165, 1.54) is 12.1 Å². The number of methoxy groups -OCH3 is 1. The Labute approximate surface area is 110 Å². The van der Waals surface area contributed by atoms with Gasteiger partial charge >= 0.3 is 5.97 Å². The number of carboxylic acids is 1. The highest BCUT2D eigenvalue weighted by Gasteiger charge is 2.08. The molecule has 0 amide bonds. The van der Waals surface area contributed by atoms with Crippen LogP contribution in [0.25, 0.3) is 0 Å². The molecule has 0 saturated carbocycles. The molecule has 2 rings (SSSR count). The number of para-hydroxylation sites is 2. The highest BCUT2D eigenvalue weighted by atomic mass is 16.5. The number of aromatic carboxylic acids is 1. The van der Waals surface area contributed by atoms with Gasteiger partial charge in [0.1, 0.15) is 5.75 Å². The molecule has 19 heavy (non-hydrogen) atoms. The minimum Gasteiger partial charge on any atom is -0.495 e. The van der Waals surface area contributed by atoms with Gasteiger partial charge in [0.15, 0.2) is 0 Å². The first-order valence-electron chi connectivity index (χ1n) is 5.64. The molecule has 0 atom stereocenters. The van der Waals surface area contributed by atoms with Crippen LogP contribution in [0.1, 0.15) is 10.4 Å². The third kappa shape index (κ3) is 2.77. The Bertz CT molecular complexity index is 611. The lowest BCUT2D eigenvalue weighted by Gasteiger charge is -2.13. The zero-order chi connectivity index (χ0) is 13.8. The summed E-state index contributed by atoms with van der Waals surface area (Å²) in [5.41, 5.74) is 7.75. The summed E-state index contributed by atoms with van der Waals surface area (Å²) in [5, 5.41) is 12.0. The molecule has 5 nitrogen and oxygen atoms in total. The van der Waals surface area contributed by atoms with Crippen LogP contribution in [0.15, 0.2) is 42.5 Å². The van der Waals surface area contributed by atoms with Gasteiger partial charge in [-0.1, -0.05) is 12.1 Å². The predicted molar refractivity (Wildman–Crippen MR) is 74.1 cm³/mol. The average Bonchev–Trinajstić information content (AvgIpc) is 2.41. The molecule has 0 bridgehead atoms. The van der Waals surface area contributed by atoms with E-state index in [1.54, 1.807) is 13.2 Å². The minimum absolute atomic E-state index is 0.156. The van der Waals surface area contributed by atoms with Gasteiger partial charge in [-0.3, -0.25) is 0 Å². The number of anilines is 3. The molecule has 0 unspecified atom stereocenters. The van der Waals surface area contributed by atoms with Crippen molar-refractivity contribution in [1.29, 1.82) is 0 Å². The number of carboxylic acid groups (broad SMARTS) is 1. The Morgan fingerprint density at radius 3 is 2.58 bits per heavy atom. The number of nitrogen functional groups attached to an aromatic ring is 1. The Hall–Kier alpha value is -2.69. The van der Waals surface area contributed by atoms with Crippen LogP contribution in [-0.2, 0) is 0 Å². The number of hydrogen-bond acceptors (Lipinski definition) is 4. The van der Waals surface area contributed by atoms with Gasteiger partial charge in [0.25, 0.3) is 0 Å². The predicted octanol–water partition coefficient (Wildman–Crippen LogP) is 2.72. The van der Waals surface area contributed by atoms with E-state index >= 15 is 0 Å². The molecular weight excluding hydrogens is 244 g/mol. The molecule has 4 N–H and O–H groups in total.